The molecule has 3 rings (SSSR count). The van der Waals surface area contributed by atoms with Crippen LogP contribution in [0.25, 0.3) is 0 Å². The fourth-order valence-corrected chi connectivity index (χ4v) is 5.90. The number of carbonyl (C=O) groups excluding carboxylic acids is 2. The quantitative estimate of drug-likeness (QED) is 0.283. The van der Waals surface area contributed by atoms with Crippen LogP contribution in [-0.2, 0) is 26.2 Å². The van der Waals surface area contributed by atoms with Gasteiger partial charge in [-0.25, -0.2) is 8.42 Å². The van der Waals surface area contributed by atoms with E-state index in [4.69, 9.17) is 32.7 Å². The molecule has 0 aliphatic heterocycles. The highest BCUT2D eigenvalue weighted by Gasteiger charge is 2.34. The summed E-state index contributed by atoms with van der Waals surface area (Å²) in [5, 5.41) is 3.44. The van der Waals surface area contributed by atoms with Gasteiger partial charge in [-0.3, -0.25) is 13.9 Å². The SMILES string of the molecule is COc1ccc(OC)c(N(CC(=O)N(Cc2ccc(Cl)c(Cl)c2)[C@@H](C)C(=O)NC(C)C)S(=O)(=O)c2ccc(C)cc2)c1. The van der Waals surface area contributed by atoms with E-state index in [1.807, 2.05) is 6.92 Å². The zero-order valence-electron chi connectivity index (χ0n) is 24.4. The van der Waals surface area contributed by atoms with Gasteiger partial charge in [0, 0.05) is 18.7 Å². The van der Waals surface area contributed by atoms with Crippen LogP contribution in [0.15, 0.2) is 65.6 Å². The van der Waals surface area contributed by atoms with Gasteiger partial charge in [0.25, 0.3) is 10.0 Å². The Kier molecular flexibility index (Phi) is 11.1. The molecule has 0 fully saturated rings. The largest absolute Gasteiger partial charge is 0.497 e. The first-order valence-electron chi connectivity index (χ1n) is 13.1. The molecule has 0 aliphatic carbocycles. The van der Waals surface area contributed by atoms with E-state index in [-0.39, 0.29) is 33.9 Å². The second-order valence-electron chi connectivity index (χ2n) is 9.97. The Morgan fingerprint density at radius 3 is 2.14 bits per heavy atom. The average Bonchev–Trinajstić information content (AvgIpc) is 2.95. The summed E-state index contributed by atoms with van der Waals surface area (Å²) in [7, 11) is -1.45. The van der Waals surface area contributed by atoms with E-state index in [2.05, 4.69) is 5.32 Å². The molecule has 0 heterocycles. The minimum Gasteiger partial charge on any atom is -0.497 e. The molecule has 0 aromatic heterocycles. The van der Waals surface area contributed by atoms with Crippen LogP contribution in [0.4, 0.5) is 5.69 Å². The molecule has 1 atom stereocenters. The van der Waals surface area contributed by atoms with Crippen LogP contribution in [-0.4, -0.2) is 58.0 Å². The number of nitrogens with one attached hydrogen (secondary N) is 1. The first-order valence-corrected chi connectivity index (χ1v) is 15.3. The second kappa shape index (κ2) is 14.1. The fraction of sp³-hybridized carbons (Fsp3) is 0.333. The average molecular weight is 637 g/mol. The van der Waals surface area contributed by atoms with Crippen LogP contribution in [0.1, 0.15) is 31.9 Å². The van der Waals surface area contributed by atoms with Crippen molar-refractivity contribution < 1.29 is 27.5 Å². The van der Waals surface area contributed by atoms with Crippen LogP contribution in [0, 0.1) is 6.92 Å². The highest BCUT2D eigenvalue weighted by atomic mass is 35.5. The van der Waals surface area contributed by atoms with Crippen molar-refractivity contribution in [3.05, 3.63) is 81.8 Å². The number of hydrogen-bond donors (Lipinski definition) is 1. The zero-order chi connectivity index (χ0) is 31.2. The highest BCUT2D eigenvalue weighted by Crippen LogP contribution is 2.36. The molecule has 0 saturated heterocycles. The minimum atomic E-state index is -4.30. The normalized spacial score (nSPS) is 12.0. The van der Waals surface area contributed by atoms with Crippen LogP contribution in [0.2, 0.25) is 10.0 Å². The number of aryl methyl sites for hydroxylation is 1. The molecule has 3 aromatic rings. The predicted molar refractivity (Wildman–Crippen MR) is 165 cm³/mol. The van der Waals surface area contributed by atoms with Gasteiger partial charge in [0.1, 0.15) is 24.1 Å². The van der Waals surface area contributed by atoms with E-state index in [0.717, 1.165) is 9.87 Å². The number of rotatable bonds is 12. The van der Waals surface area contributed by atoms with Gasteiger partial charge in [-0.1, -0.05) is 47.0 Å². The number of hydrogen-bond acceptors (Lipinski definition) is 6. The molecule has 42 heavy (non-hydrogen) atoms. The molecule has 9 nitrogen and oxygen atoms in total. The summed E-state index contributed by atoms with van der Waals surface area (Å²) >= 11 is 12.3. The van der Waals surface area contributed by atoms with Gasteiger partial charge in [0.2, 0.25) is 11.8 Å². The van der Waals surface area contributed by atoms with Crippen molar-refractivity contribution in [2.45, 2.75) is 51.2 Å². The second-order valence-corrected chi connectivity index (χ2v) is 12.6. The monoisotopic (exact) mass is 635 g/mol. The van der Waals surface area contributed by atoms with Gasteiger partial charge in [-0.15, -0.1) is 0 Å². The third-order valence-electron chi connectivity index (χ3n) is 6.48. The summed E-state index contributed by atoms with van der Waals surface area (Å²) in [6.45, 7) is 6.36. The standard InChI is InChI=1S/C30H35Cl2N3O6S/c1-19(2)33-30(37)21(4)34(17-22-9-13-25(31)26(32)15-22)29(36)18-35(27-16-23(40-5)10-14-28(27)41-6)42(38,39)24-11-7-20(3)8-12-24/h7-16,19,21H,17-18H2,1-6H3,(H,33,37)/t21-/m0/s1. The summed E-state index contributed by atoms with van der Waals surface area (Å²) in [6, 6.07) is 14.7. The lowest BCUT2D eigenvalue weighted by Crippen LogP contribution is -2.52. The lowest BCUT2D eigenvalue weighted by Gasteiger charge is -2.32. The molecule has 0 radical (unpaired) electrons. The Balaban J connectivity index is 2.13. The number of ether oxygens (including phenoxy) is 2. The Labute approximate surface area is 257 Å². The first kappa shape index (κ1) is 33.0. The number of nitrogens with zero attached hydrogens (tertiary/aromatic N) is 2. The summed E-state index contributed by atoms with van der Waals surface area (Å²) in [4.78, 5) is 28.5. The Hall–Kier alpha value is -3.47. The third kappa shape index (κ3) is 7.87. The molecule has 0 spiro atoms. The Morgan fingerprint density at radius 2 is 1.57 bits per heavy atom. The molecular weight excluding hydrogens is 601 g/mol. The van der Waals surface area contributed by atoms with Crippen LogP contribution < -0.4 is 19.1 Å². The van der Waals surface area contributed by atoms with Crippen LogP contribution >= 0.6 is 23.2 Å². The Bertz CT molecular complexity index is 1530. The maximum absolute atomic E-state index is 14.1. The van der Waals surface area contributed by atoms with Crippen molar-refractivity contribution in [1.82, 2.24) is 10.2 Å². The smallest absolute Gasteiger partial charge is 0.264 e. The van der Waals surface area contributed by atoms with Gasteiger partial charge in [0.05, 0.1) is 34.8 Å². The number of carbonyl (C=O) groups is 2. The van der Waals surface area contributed by atoms with Gasteiger partial charge >= 0.3 is 0 Å². The lowest BCUT2D eigenvalue weighted by atomic mass is 10.1. The van der Waals surface area contributed by atoms with Gasteiger partial charge in [0.15, 0.2) is 0 Å². The highest BCUT2D eigenvalue weighted by molar-refractivity contribution is 7.92. The van der Waals surface area contributed by atoms with E-state index in [1.165, 1.54) is 37.3 Å². The van der Waals surface area contributed by atoms with Crippen molar-refractivity contribution in [1.29, 1.82) is 0 Å². The van der Waals surface area contributed by atoms with E-state index in [9.17, 15) is 18.0 Å². The predicted octanol–water partition coefficient (Wildman–Crippen LogP) is 5.46. The van der Waals surface area contributed by atoms with Gasteiger partial charge < -0.3 is 19.7 Å². The van der Waals surface area contributed by atoms with Gasteiger partial charge in [-0.05, 0) is 69.7 Å². The van der Waals surface area contributed by atoms with Crippen LogP contribution in [0.5, 0.6) is 11.5 Å². The van der Waals surface area contributed by atoms with Crippen molar-refractivity contribution >= 4 is 50.7 Å². The number of benzene rings is 3. The number of halogens is 2. The van der Waals surface area contributed by atoms with E-state index in [1.54, 1.807) is 63.2 Å². The first-order chi connectivity index (χ1) is 19.8. The minimum absolute atomic E-state index is 0.0209. The van der Waals surface area contributed by atoms with E-state index < -0.39 is 34.4 Å². The van der Waals surface area contributed by atoms with E-state index in [0.29, 0.717) is 16.3 Å². The molecule has 0 saturated carbocycles. The molecule has 0 bridgehead atoms. The van der Waals surface area contributed by atoms with Gasteiger partial charge in [-0.2, -0.15) is 0 Å². The third-order valence-corrected chi connectivity index (χ3v) is 8.99. The van der Waals surface area contributed by atoms with Crippen molar-refractivity contribution in [2.75, 3.05) is 25.1 Å². The van der Waals surface area contributed by atoms with Crippen molar-refractivity contribution in [3.8, 4) is 11.5 Å². The van der Waals surface area contributed by atoms with E-state index >= 15 is 0 Å². The summed E-state index contributed by atoms with van der Waals surface area (Å²) in [5.41, 5.74) is 1.57. The summed E-state index contributed by atoms with van der Waals surface area (Å²) in [5.74, 6) is -0.459. The number of methoxy groups -OCH3 is 2. The molecule has 3 aromatic carbocycles. The lowest BCUT2D eigenvalue weighted by molar-refractivity contribution is -0.139. The summed E-state index contributed by atoms with van der Waals surface area (Å²) in [6.07, 6.45) is 0. The number of amides is 2. The molecule has 12 heteroatoms. The molecule has 1 N–H and O–H groups in total. The van der Waals surface area contributed by atoms with Crippen LogP contribution in [0.3, 0.4) is 0 Å². The summed E-state index contributed by atoms with van der Waals surface area (Å²) < 4.78 is 40.0. The molecule has 2 amide bonds. The molecule has 0 unspecified atom stereocenters. The molecule has 0 aliphatic rings. The maximum Gasteiger partial charge on any atom is 0.264 e. The van der Waals surface area contributed by atoms with Crippen molar-refractivity contribution in [3.63, 3.8) is 0 Å². The number of sulfonamides is 1. The molecule has 226 valence electrons. The maximum atomic E-state index is 14.1. The number of anilines is 1. The zero-order valence-corrected chi connectivity index (χ0v) is 26.7. The topological polar surface area (TPSA) is 105 Å². The van der Waals surface area contributed by atoms with Crippen molar-refractivity contribution in [2.24, 2.45) is 0 Å². The molecular formula is C30H35Cl2N3O6S. The fourth-order valence-electron chi connectivity index (χ4n) is 4.16. The Morgan fingerprint density at radius 1 is 0.905 bits per heavy atom.